The van der Waals surface area contributed by atoms with Gasteiger partial charge in [0, 0.05) is 19.3 Å². The van der Waals surface area contributed by atoms with Crippen molar-refractivity contribution in [2.24, 2.45) is 5.92 Å². The summed E-state index contributed by atoms with van der Waals surface area (Å²) in [6, 6.07) is 28.2. The first-order chi connectivity index (χ1) is 30.0. The number of H-pyrrole nitrogens is 1. The maximum atomic E-state index is 14.0. The van der Waals surface area contributed by atoms with Crippen LogP contribution in [-0.2, 0) is 19.1 Å². The molecule has 14 nitrogen and oxygen atoms in total. The minimum atomic E-state index is -0.931. The summed E-state index contributed by atoms with van der Waals surface area (Å²) in [5.74, 6) is 0.178. The molecule has 62 heavy (non-hydrogen) atoms. The Morgan fingerprint density at radius 3 is 2.18 bits per heavy atom. The number of amides is 4. The molecule has 1 aromatic heterocycles. The third-order valence-corrected chi connectivity index (χ3v) is 12.0. The van der Waals surface area contributed by atoms with Gasteiger partial charge in [0.25, 0.3) is 5.91 Å². The van der Waals surface area contributed by atoms with Gasteiger partial charge in [-0.25, -0.2) is 14.6 Å². The Balaban J connectivity index is 0.926. The van der Waals surface area contributed by atoms with Gasteiger partial charge in [-0.05, 0) is 75.9 Å². The predicted molar refractivity (Wildman–Crippen MR) is 237 cm³/mol. The van der Waals surface area contributed by atoms with Crippen LogP contribution < -0.4 is 21.3 Å². The SMILES string of the molecule is C=C1C[C@@H](c2ncc(-c3ccc(-c4ccc5cc(C6=CNC([C@@H]7CCCN7C(=O)[C@@H](NC(=O)OC)C(C)C)N6)ccc5c4)cc3)[nH]2)N(C(=O)[C@H](NC(=O)OC)c2ccccc2)C1. The van der Waals surface area contributed by atoms with Crippen molar-refractivity contribution in [2.45, 2.75) is 63.4 Å². The van der Waals surface area contributed by atoms with Crippen molar-refractivity contribution in [3.05, 3.63) is 132 Å². The van der Waals surface area contributed by atoms with E-state index in [1.165, 1.54) is 14.2 Å². The highest BCUT2D eigenvalue weighted by Gasteiger charge is 2.41. The maximum Gasteiger partial charge on any atom is 0.407 e. The molecule has 320 valence electrons. The molecule has 5 atom stereocenters. The summed E-state index contributed by atoms with van der Waals surface area (Å²) < 4.78 is 9.62. The lowest BCUT2D eigenvalue weighted by Crippen LogP contribution is -2.57. The van der Waals surface area contributed by atoms with Crippen molar-refractivity contribution in [3.63, 3.8) is 0 Å². The smallest absolute Gasteiger partial charge is 0.407 e. The molecule has 2 saturated heterocycles. The lowest BCUT2D eigenvalue weighted by Gasteiger charge is -2.34. The summed E-state index contributed by atoms with van der Waals surface area (Å²) in [5, 5.41) is 14.7. The van der Waals surface area contributed by atoms with Crippen LogP contribution in [0.5, 0.6) is 0 Å². The Labute approximate surface area is 360 Å². The highest BCUT2D eigenvalue weighted by molar-refractivity contribution is 5.91. The van der Waals surface area contributed by atoms with Crippen LogP contribution in [0.3, 0.4) is 0 Å². The van der Waals surface area contributed by atoms with E-state index in [0.29, 0.717) is 30.9 Å². The average Bonchev–Trinajstić information content (AvgIpc) is 4.14. The van der Waals surface area contributed by atoms with Crippen LogP contribution in [-0.4, -0.2) is 89.3 Å². The fraction of sp³-hybridized carbons (Fsp3) is 0.312. The number of nitrogens with zero attached hydrogens (tertiary/aromatic N) is 3. The Bertz CT molecular complexity index is 2520. The zero-order chi connectivity index (χ0) is 43.5. The molecule has 4 amide bonds. The predicted octanol–water partition coefficient (Wildman–Crippen LogP) is 7.01. The second-order valence-electron chi connectivity index (χ2n) is 16.4. The number of carbonyl (C=O) groups excluding carboxylic acids is 4. The second kappa shape index (κ2) is 17.9. The van der Waals surface area contributed by atoms with E-state index in [1.54, 1.807) is 23.2 Å². The number of aromatic nitrogens is 2. The highest BCUT2D eigenvalue weighted by Crippen LogP contribution is 2.37. The van der Waals surface area contributed by atoms with Gasteiger partial charge in [0.15, 0.2) is 0 Å². The second-order valence-corrected chi connectivity index (χ2v) is 16.4. The van der Waals surface area contributed by atoms with Crippen molar-refractivity contribution in [3.8, 4) is 22.4 Å². The minimum absolute atomic E-state index is 0.0769. The van der Waals surface area contributed by atoms with Gasteiger partial charge in [-0.3, -0.25) is 9.59 Å². The minimum Gasteiger partial charge on any atom is -0.453 e. The van der Waals surface area contributed by atoms with Gasteiger partial charge in [-0.1, -0.05) is 105 Å². The number of fused-ring (bicyclic) bond motifs is 1. The summed E-state index contributed by atoms with van der Waals surface area (Å²) in [5.41, 5.74) is 7.47. The quantitative estimate of drug-likeness (QED) is 0.0879. The number of imidazole rings is 1. The van der Waals surface area contributed by atoms with E-state index in [2.05, 4.69) is 93.5 Å². The van der Waals surface area contributed by atoms with E-state index >= 15 is 0 Å². The van der Waals surface area contributed by atoms with Crippen LogP contribution in [0.2, 0.25) is 0 Å². The zero-order valence-corrected chi connectivity index (χ0v) is 35.3. The summed E-state index contributed by atoms with van der Waals surface area (Å²) >= 11 is 0. The number of ether oxygens (including phenoxy) is 2. The number of carbonyl (C=O) groups is 4. The molecular weight excluding hydrogens is 785 g/mol. The maximum absolute atomic E-state index is 14.0. The summed E-state index contributed by atoms with van der Waals surface area (Å²) in [7, 11) is 2.57. The standard InChI is InChI=1S/C48H52N8O6/c1-28(2)41(53-47(59)61-4)45(57)55-21-9-12-39(55)43-49-26-38(52-43)36-20-19-34-23-33(17-18-35(34)24-36)30-13-15-31(16-14-30)37-25-50-44(51-37)40-22-29(3)27-56(40)46(58)42(54-48(60)62-5)32-10-7-6-8-11-32/h6-8,10-11,13-20,23-26,28,39-43,49,52H,3,9,12,21-22,27H2,1-2,4-5H3,(H,50,51)(H,53,59)(H,54,60)/t39-,40-,41-,42+,43?/m0/s1. The van der Waals surface area contributed by atoms with E-state index in [4.69, 9.17) is 14.5 Å². The van der Waals surface area contributed by atoms with Gasteiger partial charge in [0.1, 0.15) is 24.1 Å². The molecule has 5 aromatic rings. The van der Waals surface area contributed by atoms with Crippen LogP contribution in [0, 0.1) is 5.92 Å². The Morgan fingerprint density at radius 2 is 1.47 bits per heavy atom. The molecule has 1 unspecified atom stereocenters. The first-order valence-electron chi connectivity index (χ1n) is 21.0. The molecule has 4 heterocycles. The molecule has 0 spiro atoms. The summed E-state index contributed by atoms with van der Waals surface area (Å²) in [6.45, 7) is 8.99. The number of hydrogen-bond acceptors (Lipinski definition) is 9. The molecule has 0 bridgehead atoms. The molecule has 3 aliphatic heterocycles. The lowest BCUT2D eigenvalue weighted by molar-refractivity contribution is -0.136. The largest absolute Gasteiger partial charge is 0.453 e. The van der Waals surface area contributed by atoms with E-state index in [0.717, 1.165) is 62.8 Å². The highest BCUT2D eigenvalue weighted by atomic mass is 16.5. The number of rotatable bonds is 11. The summed E-state index contributed by atoms with van der Waals surface area (Å²) in [6.07, 6.45) is 4.57. The molecular formula is C48H52N8O6. The Kier molecular flexibility index (Phi) is 12.0. The van der Waals surface area contributed by atoms with Gasteiger partial charge in [0.05, 0.1) is 43.9 Å². The fourth-order valence-corrected chi connectivity index (χ4v) is 8.73. The third kappa shape index (κ3) is 8.58. The monoisotopic (exact) mass is 836 g/mol. The van der Waals surface area contributed by atoms with E-state index in [1.807, 2.05) is 43.1 Å². The van der Waals surface area contributed by atoms with Crippen molar-refractivity contribution in [2.75, 3.05) is 27.3 Å². The van der Waals surface area contributed by atoms with Crippen molar-refractivity contribution in [1.29, 1.82) is 0 Å². The van der Waals surface area contributed by atoms with Crippen LogP contribution >= 0.6 is 0 Å². The van der Waals surface area contributed by atoms with E-state index < -0.39 is 24.3 Å². The first-order valence-corrected chi connectivity index (χ1v) is 21.0. The average molecular weight is 837 g/mol. The Hall–Kier alpha value is -7.09. The van der Waals surface area contributed by atoms with Crippen LogP contribution in [0.15, 0.2) is 116 Å². The summed E-state index contributed by atoms with van der Waals surface area (Å²) in [4.78, 5) is 63.7. The molecule has 5 N–H and O–H groups in total. The number of likely N-dealkylation sites (tertiary alicyclic amines) is 2. The molecule has 3 aliphatic rings. The molecule has 0 radical (unpaired) electrons. The van der Waals surface area contributed by atoms with Gasteiger partial charge in [-0.15, -0.1) is 0 Å². The van der Waals surface area contributed by atoms with Crippen LogP contribution in [0.1, 0.15) is 62.1 Å². The number of benzene rings is 4. The molecule has 0 saturated carbocycles. The van der Waals surface area contributed by atoms with Crippen LogP contribution in [0.4, 0.5) is 9.59 Å². The van der Waals surface area contributed by atoms with Gasteiger partial charge in [-0.2, -0.15) is 0 Å². The normalized spacial score (nSPS) is 19.4. The first kappa shape index (κ1) is 41.6. The molecule has 0 aliphatic carbocycles. The number of aromatic amines is 1. The molecule has 8 rings (SSSR count). The van der Waals surface area contributed by atoms with Crippen molar-refractivity contribution in [1.82, 2.24) is 41.0 Å². The number of methoxy groups -OCH3 is 2. The van der Waals surface area contributed by atoms with Gasteiger partial charge in [0.2, 0.25) is 5.91 Å². The molecule has 4 aromatic carbocycles. The topological polar surface area (TPSA) is 170 Å². The molecule has 2 fully saturated rings. The van der Waals surface area contributed by atoms with Gasteiger partial charge < -0.3 is 45.5 Å². The third-order valence-electron chi connectivity index (χ3n) is 12.0. The Morgan fingerprint density at radius 1 is 0.806 bits per heavy atom. The number of alkyl carbamates (subject to hydrolysis) is 2. The van der Waals surface area contributed by atoms with E-state index in [-0.39, 0.29) is 36.0 Å². The van der Waals surface area contributed by atoms with Gasteiger partial charge >= 0.3 is 12.2 Å². The van der Waals surface area contributed by atoms with Crippen LogP contribution in [0.25, 0.3) is 38.9 Å². The number of hydrogen-bond donors (Lipinski definition) is 5. The van der Waals surface area contributed by atoms with Crippen molar-refractivity contribution < 1.29 is 28.7 Å². The number of nitrogens with one attached hydrogen (secondary N) is 5. The zero-order valence-electron chi connectivity index (χ0n) is 35.3. The van der Waals surface area contributed by atoms with E-state index in [9.17, 15) is 19.2 Å². The lowest BCUT2D eigenvalue weighted by atomic mass is 9.98. The fourth-order valence-electron chi connectivity index (χ4n) is 8.73. The molecule has 14 heteroatoms. The van der Waals surface area contributed by atoms with Crippen molar-refractivity contribution >= 4 is 40.5 Å².